The molecule has 0 unspecified atom stereocenters. The fourth-order valence-corrected chi connectivity index (χ4v) is 2.75. The molecule has 0 atom stereocenters. The molecule has 2 aromatic rings. The number of aryl methyl sites for hydroxylation is 1. The van der Waals surface area contributed by atoms with Gasteiger partial charge in [-0.25, -0.2) is 4.98 Å². The Morgan fingerprint density at radius 1 is 1.33 bits per heavy atom. The molecule has 7 nitrogen and oxygen atoms in total. The third kappa shape index (κ3) is 1.96. The molecule has 108 valence electrons. The molecule has 7 heteroatoms. The minimum atomic E-state index is 0.0641. The van der Waals surface area contributed by atoms with Crippen LogP contribution >= 0.6 is 0 Å². The van der Waals surface area contributed by atoms with Crippen molar-refractivity contribution in [3.05, 3.63) is 18.0 Å². The van der Waals surface area contributed by atoms with E-state index >= 15 is 0 Å². The molecule has 21 heavy (non-hydrogen) atoms. The smallest absolute Gasteiger partial charge is 0.228 e. The number of anilines is 2. The number of pyridine rings is 1. The van der Waals surface area contributed by atoms with Gasteiger partial charge in [0.2, 0.25) is 5.91 Å². The topological polar surface area (TPSA) is 75.9 Å². The lowest BCUT2D eigenvalue weighted by Gasteiger charge is -2.27. The predicted molar refractivity (Wildman–Crippen MR) is 77.7 cm³/mol. The molecule has 1 aliphatic heterocycles. The van der Waals surface area contributed by atoms with E-state index in [-0.39, 0.29) is 11.8 Å². The van der Waals surface area contributed by atoms with Crippen LogP contribution in [-0.2, 0) is 18.4 Å². The van der Waals surface area contributed by atoms with Gasteiger partial charge in [-0.15, -0.1) is 0 Å². The number of nitrogens with zero attached hydrogens (tertiary/aromatic N) is 5. The Morgan fingerprint density at radius 3 is 2.90 bits per heavy atom. The van der Waals surface area contributed by atoms with Gasteiger partial charge in [0.25, 0.3) is 0 Å². The molecular weight excluding hydrogens is 268 g/mol. The van der Waals surface area contributed by atoms with Crippen LogP contribution in [0, 0.1) is 5.92 Å². The molecule has 0 aromatic carbocycles. The second kappa shape index (κ2) is 4.28. The average Bonchev–Trinajstić information content (AvgIpc) is 3.22. The minimum absolute atomic E-state index is 0.0641. The first-order chi connectivity index (χ1) is 10.1. The second-order valence-electron chi connectivity index (χ2n) is 5.66. The van der Waals surface area contributed by atoms with Crippen molar-refractivity contribution in [1.29, 1.82) is 0 Å². The summed E-state index contributed by atoms with van der Waals surface area (Å²) in [5.41, 5.74) is 3.69. The van der Waals surface area contributed by atoms with E-state index in [2.05, 4.69) is 25.4 Å². The number of fused-ring (bicyclic) bond motifs is 3. The van der Waals surface area contributed by atoms with E-state index in [1.54, 1.807) is 11.0 Å². The molecule has 1 saturated carbocycles. The highest BCUT2D eigenvalue weighted by atomic mass is 16.2. The second-order valence-corrected chi connectivity index (χ2v) is 5.66. The molecule has 3 heterocycles. The molecule has 1 N–H and O–H groups in total. The van der Waals surface area contributed by atoms with Gasteiger partial charge in [0.15, 0.2) is 5.82 Å². The summed E-state index contributed by atoms with van der Waals surface area (Å²) < 4.78 is 0. The molecule has 0 bridgehead atoms. The zero-order valence-corrected chi connectivity index (χ0v) is 12.0. The highest BCUT2D eigenvalue weighted by molar-refractivity contribution is 5.99. The monoisotopic (exact) mass is 284 g/mol. The van der Waals surface area contributed by atoms with Crippen molar-refractivity contribution in [1.82, 2.24) is 20.0 Å². The number of aromatic nitrogens is 4. The lowest BCUT2D eigenvalue weighted by atomic mass is 10.0. The fraction of sp³-hybridized carbons (Fsp3) is 0.429. The number of rotatable bonds is 2. The molecule has 2 aromatic heterocycles. The maximum atomic E-state index is 12.0. The first-order valence-electron chi connectivity index (χ1n) is 7.05. The molecule has 0 saturated heterocycles. The SMILES string of the molecule is CN1Cc2nn(C)nc2-c2ccnc(NC(=O)C3CC3)c21. The van der Waals surface area contributed by atoms with Crippen LogP contribution in [-0.4, -0.2) is 32.9 Å². The van der Waals surface area contributed by atoms with E-state index in [0.29, 0.717) is 12.4 Å². The number of hydrogen-bond acceptors (Lipinski definition) is 5. The summed E-state index contributed by atoms with van der Waals surface area (Å²) in [6.07, 6.45) is 3.66. The van der Waals surface area contributed by atoms with Gasteiger partial charge >= 0.3 is 0 Å². The van der Waals surface area contributed by atoms with Crippen molar-refractivity contribution in [2.24, 2.45) is 13.0 Å². The van der Waals surface area contributed by atoms with Crippen LogP contribution in [0.1, 0.15) is 18.5 Å². The average molecular weight is 284 g/mol. The molecular formula is C14H16N6O. The van der Waals surface area contributed by atoms with Gasteiger partial charge in [0.1, 0.15) is 11.4 Å². The largest absolute Gasteiger partial charge is 0.365 e. The van der Waals surface area contributed by atoms with Crippen LogP contribution in [0.15, 0.2) is 12.3 Å². The maximum absolute atomic E-state index is 12.0. The van der Waals surface area contributed by atoms with E-state index in [1.165, 1.54) is 0 Å². The number of hydrogen-bond donors (Lipinski definition) is 1. The van der Waals surface area contributed by atoms with Gasteiger partial charge in [-0.1, -0.05) is 0 Å². The van der Waals surface area contributed by atoms with Crippen molar-refractivity contribution >= 4 is 17.4 Å². The van der Waals surface area contributed by atoms with Gasteiger partial charge in [0.05, 0.1) is 12.2 Å². The Bertz CT molecular complexity index is 733. The maximum Gasteiger partial charge on any atom is 0.228 e. The molecule has 0 spiro atoms. The number of nitrogens with one attached hydrogen (secondary N) is 1. The van der Waals surface area contributed by atoms with Gasteiger partial charge in [0, 0.05) is 31.8 Å². The lowest BCUT2D eigenvalue weighted by Crippen LogP contribution is -2.25. The van der Waals surface area contributed by atoms with Gasteiger partial charge in [-0.2, -0.15) is 15.0 Å². The van der Waals surface area contributed by atoms with E-state index in [4.69, 9.17) is 0 Å². The van der Waals surface area contributed by atoms with E-state index < -0.39 is 0 Å². The lowest BCUT2D eigenvalue weighted by molar-refractivity contribution is -0.117. The van der Waals surface area contributed by atoms with Crippen LogP contribution < -0.4 is 10.2 Å². The first kappa shape index (κ1) is 12.3. The zero-order chi connectivity index (χ0) is 14.6. The predicted octanol–water partition coefficient (Wildman–Crippen LogP) is 1.18. The number of carbonyl (C=O) groups excluding carboxylic acids is 1. The Labute approximate surface area is 122 Å². The Balaban J connectivity index is 1.80. The van der Waals surface area contributed by atoms with Crippen molar-refractivity contribution in [2.45, 2.75) is 19.4 Å². The van der Waals surface area contributed by atoms with Crippen molar-refractivity contribution in [3.63, 3.8) is 0 Å². The van der Waals surface area contributed by atoms with Crippen LogP contribution in [0.2, 0.25) is 0 Å². The third-order valence-corrected chi connectivity index (χ3v) is 3.92. The highest BCUT2D eigenvalue weighted by Gasteiger charge is 2.32. The van der Waals surface area contributed by atoms with Gasteiger partial charge in [-0.3, -0.25) is 4.79 Å². The van der Waals surface area contributed by atoms with Crippen LogP contribution in [0.25, 0.3) is 11.3 Å². The summed E-state index contributed by atoms with van der Waals surface area (Å²) in [5.74, 6) is 0.834. The summed E-state index contributed by atoms with van der Waals surface area (Å²) in [4.78, 5) is 20.0. The zero-order valence-electron chi connectivity index (χ0n) is 12.0. The first-order valence-corrected chi connectivity index (χ1v) is 7.05. The van der Waals surface area contributed by atoms with Crippen molar-refractivity contribution in [2.75, 3.05) is 17.3 Å². The van der Waals surface area contributed by atoms with Crippen LogP contribution in [0.3, 0.4) is 0 Å². The summed E-state index contributed by atoms with van der Waals surface area (Å²) in [6.45, 7) is 0.661. The number of amides is 1. The van der Waals surface area contributed by atoms with Crippen LogP contribution in [0.5, 0.6) is 0 Å². The quantitative estimate of drug-likeness (QED) is 0.896. The Hall–Kier alpha value is -2.44. The van der Waals surface area contributed by atoms with Crippen LogP contribution in [0.4, 0.5) is 11.5 Å². The van der Waals surface area contributed by atoms with Gasteiger partial charge in [-0.05, 0) is 18.9 Å². The summed E-state index contributed by atoms with van der Waals surface area (Å²) >= 11 is 0. The van der Waals surface area contributed by atoms with E-state index in [1.807, 2.05) is 20.2 Å². The molecule has 1 fully saturated rings. The normalized spacial score (nSPS) is 16.4. The Morgan fingerprint density at radius 2 is 2.14 bits per heavy atom. The summed E-state index contributed by atoms with van der Waals surface area (Å²) in [6, 6.07) is 1.92. The third-order valence-electron chi connectivity index (χ3n) is 3.92. The molecule has 4 rings (SSSR count). The molecule has 1 amide bonds. The molecule has 2 aliphatic rings. The van der Waals surface area contributed by atoms with Crippen molar-refractivity contribution in [3.8, 4) is 11.3 Å². The fourth-order valence-electron chi connectivity index (χ4n) is 2.75. The van der Waals surface area contributed by atoms with Crippen molar-refractivity contribution < 1.29 is 4.79 Å². The molecule has 1 aliphatic carbocycles. The minimum Gasteiger partial charge on any atom is -0.365 e. The highest BCUT2D eigenvalue weighted by Crippen LogP contribution is 2.41. The standard InChI is InChI=1S/C14H16N6O/c1-19-7-10-11(18-20(2)17-10)9-5-6-15-13(12(9)19)16-14(21)8-3-4-8/h5-6,8H,3-4,7H2,1-2H3,(H,15,16,21). The molecule has 0 radical (unpaired) electrons. The van der Waals surface area contributed by atoms with E-state index in [0.717, 1.165) is 35.5 Å². The summed E-state index contributed by atoms with van der Waals surface area (Å²) in [5, 5.41) is 11.8. The van der Waals surface area contributed by atoms with Gasteiger partial charge < -0.3 is 10.2 Å². The summed E-state index contributed by atoms with van der Waals surface area (Å²) in [7, 11) is 3.79. The Kier molecular flexibility index (Phi) is 2.51. The van der Waals surface area contributed by atoms with E-state index in [9.17, 15) is 4.79 Å². The number of carbonyl (C=O) groups is 1.